The number of unbranched alkanes of at least 4 members (excludes halogenated alkanes) is 1. The molecule has 0 saturated carbocycles. The third-order valence-corrected chi connectivity index (χ3v) is 3.16. The van der Waals surface area contributed by atoms with Gasteiger partial charge in [0, 0.05) is 6.92 Å². The van der Waals surface area contributed by atoms with Gasteiger partial charge in [-0.15, -0.1) is 0 Å². The van der Waals surface area contributed by atoms with Crippen LogP contribution in [0, 0.1) is 5.82 Å². The summed E-state index contributed by atoms with van der Waals surface area (Å²) in [5.74, 6) is -1.42. The molecule has 0 aliphatic rings. The van der Waals surface area contributed by atoms with Crippen molar-refractivity contribution >= 4 is 17.6 Å². The van der Waals surface area contributed by atoms with Crippen LogP contribution >= 0.6 is 0 Å². The lowest BCUT2D eigenvalue weighted by molar-refractivity contribution is -0.146. The Hall–Kier alpha value is -1.91. The van der Waals surface area contributed by atoms with Gasteiger partial charge in [0.2, 0.25) is 5.91 Å². The average molecular weight is 295 g/mol. The fourth-order valence-electron chi connectivity index (χ4n) is 2.07. The Morgan fingerprint density at radius 3 is 2.48 bits per heavy atom. The molecule has 1 unspecified atom stereocenters. The van der Waals surface area contributed by atoms with E-state index in [1.54, 1.807) is 13.0 Å². The van der Waals surface area contributed by atoms with Gasteiger partial charge in [-0.2, -0.15) is 0 Å². The number of amides is 1. The molecular weight excluding hydrogens is 273 g/mol. The molecular formula is C16H22FNO3. The SMILES string of the molecule is CCCCOC(=O)C(CC)N(C(C)=O)c1ccccc1F. The molecule has 4 nitrogen and oxygen atoms in total. The Morgan fingerprint density at radius 2 is 1.95 bits per heavy atom. The van der Waals surface area contributed by atoms with Crippen molar-refractivity contribution in [3.8, 4) is 0 Å². The summed E-state index contributed by atoms with van der Waals surface area (Å²) in [7, 11) is 0. The topological polar surface area (TPSA) is 46.6 Å². The second-order valence-electron chi connectivity index (χ2n) is 4.79. The van der Waals surface area contributed by atoms with Crippen LogP contribution in [-0.4, -0.2) is 24.5 Å². The first-order chi connectivity index (χ1) is 10.0. The van der Waals surface area contributed by atoms with Gasteiger partial charge in [0.05, 0.1) is 12.3 Å². The highest BCUT2D eigenvalue weighted by molar-refractivity contribution is 5.98. The maximum absolute atomic E-state index is 13.9. The lowest BCUT2D eigenvalue weighted by atomic mass is 10.1. The highest BCUT2D eigenvalue weighted by Crippen LogP contribution is 2.23. The minimum Gasteiger partial charge on any atom is -0.464 e. The molecule has 0 aromatic heterocycles. The van der Waals surface area contributed by atoms with Crippen LogP contribution in [0.1, 0.15) is 40.0 Å². The van der Waals surface area contributed by atoms with E-state index in [4.69, 9.17) is 4.74 Å². The molecule has 5 heteroatoms. The van der Waals surface area contributed by atoms with E-state index < -0.39 is 17.8 Å². The minimum absolute atomic E-state index is 0.101. The van der Waals surface area contributed by atoms with Crippen molar-refractivity contribution in [3.05, 3.63) is 30.1 Å². The number of ether oxygens (including phenoxy) is 1. The number of carbonyl (C=O) groups excluding carboxylic acids is 2. The molecule has 0 bridgehead atoms. The van der Waals surface area contributed by atoms with E-state index >= 15 is 0 Å². The number of benzene rings is 1. The third-order valence-electron chi connectivity index (χ3n) is 3.16. The molecule has 0 aliphatic carbocycles. The number of para-hydroxylation sites is 1. The second kappa shape index (κ2) is 8.39. The van der Waals surface area contributed by atoms with Crippen LogP contribution < -0.4 is 4.90 Å². The van der Waals surface area contributed by atoms with Gasteiger partial charge in [-0.1, -0.05) is 32.4 Å². The zero-order valence-electron chi connectivity index (χ0n) is 12.8. The molecule has 1 rings (SSSR count). The van der Waals surface area contributed by atoms with Crippen molar-refractivity contribution in [3.63, 3.8) is 0 Å². The van der Waals surface area contributed by atoms with Gasteiger partial charge in [0.15, 0.2) is 0 Å². The number of rotatable bonds is 7. The Labute approximate surface area is 124 Å². The lowest BCUT2D eigenvalue weighted by Crippen LogP contribution is -2.45. The number of hydrogen-bond donors (Lipinski definition) is 0. The summed E-state index contributed by atoms with van der Waals surface area (Å²) in [6.45, 7) is 5.39. The van der Waals surface area contributed by atoms with Crippen molar-refractivity contribution < 1.29 is 18.7 Å². The molecule has 0 fully saturated rings. The molecule has 0 saturated heterocycles. The zero-order valence-corrected chi connectivity index (χ0v) is 12.8. The van der Waals surface area contributed by atoms with E-state index in [0.29, 0.717) is 13.0 Å². The fourth-order valence-corrected chi connectivity index (χ4v) is 2.07. The maximum Gasteiger partial charge on any atom is 0.329 e. The molecule has 0 heterocycles. The molecule has 1 atom stereocenters. The monoisotopic (exact) mass is 295 g/mol. The Morgan fingerprint density at radius 1 is 1.29 bits per heavy atom. The first kappa shape index (κ1) is 17.1. The van der Waals surface area contributed by atoms with E-state index in [1.807, 2.05) is 6.92 Å². The first-order valence-electron chi connectivity index (χ1n) is 7.23. The first-order valence-corrected chi connectivity index (χ1v) is 7.23. The Balaban J connectivity index is 2.99. The van der Waals surface area contributed by atoms with Gasteiger partial charge < -0.3 is 4.74 Å². The van der Waals surface area contributed by atoms with E-state index in [-0.39, 0.29) is 11.6 Å². The summed E-state index contributed by atoms with van der Waals surface area (Å²) >= 11 is 0. The van der Waals surface area contributed by atoms with Crippen molar-refractivity contribution in [1.82, 2.24) is 0 Å². The van der Waals surface area contributed by atoms with Crippen LogP contribution in [-0.2, 0) is 14.3 Å². The number of esters is 1. The quantitative estimate of drug-likeness (QED) is 0.573. The molecule has 1 amide bonds. The van der Waals surface area contributed by atoms with E-state index in [9.17, 15) is 14.0 Å². The van der Waals surface area contributed by atoms with Crippen LogP contribution in [0.3, 0.4) is 0 Å². The number of nitrogens with zero attached hydrogens (tertiary/aromatic N) is 1. The van der Waals surface area contributed by atoms with Crippen molar-refractivity contribution in [2.75, 3.05) is 11.5 Å². The number of halogens is 1. The van der Waals surface area contributed by atoms with E-state index in [0.717, 1.165) is 12.8 Å². The Bertz CT molecular complexity index is 490. The number of hydrogen-bond acceptors (Lipinski definition) is 3. The van der Waals surface area contributed by atoms with Crippen LogP contribution in [0.25, 0.3) is 0 Å². The van der Waals surface area contributed by atoms with Gasteiger partial charge in [-0.05, 0) is 25.0 Å². The zero-order chi connectivity index (χ0) is 15.8. The third kappa shape index (κ3) is 4.55. The second-order valence-corrected chi connectivity index (χ2v) is 4.79. The predicted molar refractivity (Wildman–Crippen MR) is 79.5 cm³/mol. The summed E-state index contributed by atoms with van der Waals surface area (Å²) in [6.07, 6.45) is 2.04. The molecule has 0 aliphatic heterocycles. The van der Waals surface area contributed by atoms with E-state index in [1.165, 1.54) is 30.0 Å². The summed E-state index contributed by atoms with van der Waals surface area (Å²) in [4.78, 5) is 25.2. The van der Waals surface area contributed by atoms with Crippen LogP contribution in [0.4, 0.5) is 10.1 Å². The molecule has 21 heavy (non-hydrogen) atoms. The van der Waals surface area contributed by atoms with Crippen molar-refractivity contribution in [2.24, 2.45) is 0 Å². The average Bonchev–Trinajstić information content (AvgIpc) is 2.45. The smallest absolute Gasteiger partial charge is 0.329 e. The molecule has 0 radical (unpaired) electrons. The minimum atomic E-state index is -0.809. The summed E-state index contributed by atoms with van der Waals surface area (Å²) in [5.41, 5.74) is 0.101. The van der Waals surface area contributed by atoms with Gasteiger partial charge >= 0.3 is 5.97 Å². The van der Waals surface area contributed by atoms with Gasteiger partial charge in [-0.25, -0.2) is 9.18 Å². The normalized spacial score (nSPS) is 11.8. The van der Waals surface area contributed by atoms with Crippen LogP contribution in [0.15, 0.2) is 24.3 Å². The largest absolute Gasteiger partial charge is 0.464 e. The maximum atomic E-state index is 13.9. The van der Waals surface area contributed by atoms with Crippen LogP contribution in [0.2, 0.25) is 0 Å². The predicted octanol–water partition coefficient (Wildman–Crippen LogP) is 3.30. The van der Waals surface area contributed by atoms with Crippen molar-refractivity contribution in [1.29, 1.82) is 0 Å². The standard InChI is InChI=1S/C16H22FNO3/c1-4-6-11-21-16(20)14(5-2)18(12(3)19)15-10-8-7-9-13(15)17/h7-10,14H,4-6,11H2,1-3H3. The van der Waals surface area contributed by atoms with E-state index in [2.05, 4.69) is 0 Å². The molecule has 1 aromatic rings. The number of carbonyl (C=O) groups is 2. The summed E-state index contributed by atoms with van der Waals surface area (Å²) < 4.78 is 19.1. The molecule has 0 spiro atoms. The number of anilines is 1. The highest BCUT2D eigenvalue weighted by atomic mass is 19.1. The fraction of sp³-hybridized carbons (Fsp3) is 0.500. The summed E-state index contributed by atoms with van der Waals surface area (Å²) in [5, 5.41) is 0. The van der Waals surface area contributed by atoms with Gasteiger partial charge in [0.25, 0.3) is 0 Å². The molecule has 0 N–H and O–H groups in total. The molecule has 1 aromatic carbocycles. The highest BCUT2D eigenvalue weighted by Gasteiger charge is 2.30. The van der Waals surface area contributed by atoms with Gasteiger partial charge in [0.1, 0.15) is 11.9 Å². The molecule has 116 valence electrons. The van der Waals surface area contributed by atoms with Crippen LogP contribution in [0.5, 0.6) is 0 Å². The van der Waals surface area contributed by atoms with Crippen molar-refractivity contribution in [2.45, 2.75) is 46.1 Å². The van der Waals surface area contributed by atoms with Gasteiger partial charge in [-0.3, -0.25) is 9.69 Å². The Kier molecular flexibility index (Phi) is 6.85. The summed E-state index contributed by atoms with van der Waals surface area (Å²) in [6, 6.07) is 5.11. The lowest BCUT2D eigenvalue weighted by Gasteiger charge is -2.29.